The summed E-state index contributed by atoms with van der Waals surface area (Å²) in [5.41, 5.74) is 0.784. The van der Waals surface area contributed by atoms with Crippen LogP contribution in [0.25, 0.3) is 11.4 Å². The van der Waals surface area contributed by atoms with E-state index in [1.807, 2.05) is 19.1 Å². The summed E-state index contributed by atoms with van der Waals surface area (Å²) < 4.78 is 20.5. The van der Waals surface area contributed by atoms with Crippen LogP contribution < -0.4 is 10.2 Å². The van der Waals surface area contributed by atoms with Crippen LogP contribution in [0.4, 0.5) is 14.9 Å². The summed E-state index contributed by atoms with van der Waals surface area (Å²) in [6.45, 7) is 7.34. The second kappa shape index (κ2) is 10.5. The smallest absolute Gasteiger partial charge is 0.408 e. The SMILES string of the molecule is CCc1nc(-c2cc3c(cc2F)SC[C@H](NC(=O)OC(C)(C)C)C(=O)N3Cc2ccc(Cl)cc2)n[nH]1. The van der Waals surface area contributed by atoms with Gasteiger partial charge in [-0.3, -0.25) is 9.89 Å². The highest BCUT2D eigenvalue weighted by Gasteiger charge is 2.34. The molecule has 2 N–H and O–H groups in total. The molecule has 0 saturated heterocycles. The van der Waals surface area contributed by atoms with Crippen molar-refractivity contribution in [2.45, 2.75) is 57.2 Å². The Hall–Kier alpha value is -3.11. The van der Waals surface area contributed by atoms with Crippen LogP contribution in [-0.2, 0) is 22.5 Å². The predicted octanol–water partition coefficient (Wildman–Crippen LogP) is 5.36. The van der Waals surface area contributed by atoms with E-state index in [1.54, 1.807) is 39.0 Å². The molecule has 2 amide bonds. The lowest BCUT2D eigenvalue weighted by Gasteiger charge is -2.27. The molecule has 1 aliphatic rings. The number of rotatable bonds is 5. The molecule has 4 rings (SSSR count). The van der Waals surface area contributed by atoms with E-state index in [0.29, 0.717) is 27.9 Å². The fraction of sp³-hybridized carbons (Fsp3) is 0.360. The van der Waals surface area contributed by atoms with Crippen LogP contribution in [0.3, 0.4) is 0 Å². The standard InChI is InChI=1S/C25H27ClFN5O3S/c1-5-21-29-22(31-30-21)16-10-19-20(11-17(16)27)36-13-18(28-24(34)35-25(2,3)4)23(33)32(19)12-14-6-8-15(26)9-7-14/h6-11,18H,5,12-13H2,1-4H3,(H,28,34)(H,29,30,31)/t18-/m0/s1. The topological polar surface area (TPSA) is 100 Å². The third-order valence-electron chi connectivity index (χ3n) is 5.36. The van der Waals surface area contributed by atoms with Crippen LogP contribution in [0.1, 0.15) is 39.1 Å². The summed E-state index contributed by atoms with van der Waals surface area (Å²) in [6, 6.07) is 9.20. The Morgan fingerprint density at radius 3 is 2.67 bits per heavy atom. The minimum absolute atomic E-state index is 0.178. The van der Waals surface area contributed by atoms with Crippen molar-refractivity contribution in [2.24, 2.45) is 0 Å². The van der Waals surface area contributed by atoms with E-state index in [4.69, 9.17) is 16.3 Å². The number of fused-ring (bicyclic) bond motifs is 1. The average molecular weight is 532 g/mol. The average Bonchev–Trinajstić information content (AvgIpc) is 3.25. The van der Waals surface area contributed by atoms with Crippen molar-refractivity contribution in [3.63, 3.8) is 0 Å². The van der Waals surface area contributed by atoms with Crippen LogP contribution in [0, 0.1) is 5.82 Å². The third-order valence-corrected chi connectivity index (χ3v) is 6.75. The molecule has 0 spiro atoms. The van der Waals surface area contributed by atoms with Crippen molar-refractivity contribution in [1.82, 2.24) is 20.5 Å². The fourth-order valence-electron chi connectivity index (χ4n) is 3.66. The molecule has 0 aliphatic carbocycles. The summed E-state index contributed by atoms with van der Waals surface area (Å²) >= 11 is 7.32. The van der Waals surface area contributed by atoms with E-state index in [0.717, 1.165) is 5.56 Å². The quantitative estimate of drug-likeness (QED) is 0.460. The zero-order valence-corrected chi connectivity index (χ0v) is 22.0. The van der Waals surface area contributed by atoms with E-state index >= 15 is 4.39 Å². The van der Waals surface area contributed by atoms with E-state index in [-0.39, 0.29) is 29.6 Å². The number of aromatic nitrogens is 3. The molecule has 36 heavy (non-hydrogen) atoms. The molecule has 190 valence electrons. The van der Waals surface area contributed by atoms with Crippen molar-refractivity contribution >= 4 is 41.1 Å². The van der Waals surface area contributed by atoms with Crippen molar-refractivity contribution in [3.8, 4) is 11.4 Å². The highest BCUT2D eigenvalue weighted by molar-refractivity contribution is 7.99. The largest absolute Gasteiger partial charge is 0.444 e. The minimum atomic E-state index is -0.883. The molecule has 1 aliphatic heterocycles. The number of thioether (sulfide) groups is 1. The van der Waals surface area contributed by atoms with Gasteiger partial charge in [0.05, 0.1) is 17.8 Å². The van der Waals surface area contributed by atoms with Crippen molar-refractivity contribution in [2.75, 3.05) is 10.7 Å². The monoisotopic (exact) mass is 531 g/mol. The third kappa shape index (κ3) is 5.99. The molecule has 3 aromatic rings. The van der Waals surface area contributed by atoms with Gasteiger partial charge in [0.2, 0.25) is 0 Å². The Labute approximate surface area is 218 Å². The summed E-state index contributed by atoms with van der Waals surface area (Å²) in [5.74, 6) is 0.207. The van der Waals surface area contributed by atoms with Gasteiger partial charge in [0.25, 0.3) is 5.91 Å². The molecule has 2 aromatic carbocycles. The van der Waals surface area contributed by atoms with E-state index < -0.39 is 23.6 Å². The van der Waals surface area contributed by atoms with Gasteiger partial charge in [-0.2, -0.15) is 5.10 Å². The number of ether oxygens (including phenoxy) is 1. The number of amides is 2. The molecule has 2 heterocycles. The highest BCUT2D eigenvalue weighted by Crippen LogP contribution is 2.39. The molecule has 8 nitrogen and oxygen atoms in total. The fourth-order valence-corrected chi connectivity index (χ4v) is 4.86. The molecular weight excluding hydrogens is 505 g/mol. The number of H-pyrrole nitrogens is 1. The lowest BCUT2D eigenvalue weighted by Crippen LogP contribution is -2.50. The lowest BCUT2D eigenvalue weighted by molar-refractivity contribution is -0.120. The summed E-state index contributed by atoms with van der Waals surface area (Å²) in [5, 5.41) is 10.2. The van der Waals surface area contributed by atoms with E-state index in [2.05, 4.69) is 20.5 Å². The number of nitrogens with one attached hydrogen (secondary N) is 2. The van der Waals surface area contributed by atoms with E-state index in [1.165, 1.54) is 22.7 Å². The van der Waals surface area contributed by atoms with Gasteiger partial charge in [-0.05, 0) is 50.6 Å². The number of hydrogen-bond donors (Lipinski definition) is 2. The maximum Gasteiger partial charge on any atom is 0.408 e. The molecule has 1 aromatic heterocycles. The van der Waals surface area contributed by atoms with Gasteiger partial charge in [-0.1, -0.05) is 30.7 Å². The normalized spacial score (nSPS) is 15.9. The molecule has 0 unspecified atom stereocenters. The summed E-state index contributed by atoms with van der Waals surface area (Å²) in [7, 11) is 0. The second-order valence-corrected chi connectivity index (χ2v) is 10.8. The molecule has 0 fully saturated rings. The van der Waals surface area contributed by atoms with Gasteiger partial charge in [0, 0.05) is 22.1 Å². The first-order chi connectivity index (χ1) is 17.0. The number of aromatic amines is 1. The summed E-state index contributed by atoms with van der Waals surface area (Å²) in [4.78, 5) is 32.7. The van der Waals surface area contributed by atoms with Crippen LogP contribution in [-0.4, -0.2) is 44.6 Å². The van der Waals surface area contributed by atoms with Crippen LogP contribution in [0.15, 0.2) is 41.3 Å². The van der Waals surface area contributed by atoms with Crippen molar-refractivity contribution in [3.05, 3.63) is 58.6 Å². The molecule has 0 saturated carbocycles. The maximum absolute atomic E-state index is 15.2. The molecular formula is C25H27ClFN5O3S. The second-order valence-electron chi connectivity index (χ2n) is 9.32. The molecule has 0 bridgehead atoms. The number of hydrogen-bond acceptors (Lipinski definition) is 6. The Morgan fingerprint density at radius 2 is 2.03 bits per heavy atom. The number of aryl methyl sites for hydroxylation is 1. The van der Waals surface area contributed by atoms with Crippen LogP contribution in [0.2, 0.25) is 5.02 Å². The number of carbonyl (C=O) groups is 2. The molecule has 1 atom stereocenters. The van der Waals surface area contributed by atoms with Crippen LogP contribution >= 0.6 is 23.4 Å². The van der Waals surface area contributed by atoms with Gasteiger partial charge < -0.3 is 15.0 Å². The highest BCUT2D eigenvalue weighted by atomic mass is 35.5. The van der Waals surface area contributed by atoms with Gasteiger partial charge in [-0.25, -0.2) is 14.2 Å². The first kappa shape index (κ1) is 26.0. The van der Waals surface area contributed by atoms with E-state index in [9.17, 15) is 9.59 Å². The Kier molecular flexibility index (Phi) is 7.56. The Morgan fingerprint density at radius 1 is 1.31 bits per heavy atom. The Bertz CT molecular complexity index is 1280. The molecule has 0 radical (unpaired) electrons. The number of alkyl carbamates (subject to hydrolysis) is 1. The predicted molar refractivity (Wildman–Crippen MR) is 138 cm³/mol. The number of anilines is 1. The first-order valence-corrected chi connectivity index (χ1v) is 12.8. The number of halogens is 2. The zero-order chi connectivity index (χ0) is 26.0. The zero-order valence-electron chi connectivity index (χ0n) is 20.4. The van der Waals surface area contributed by atoms with Gasteiger partial charge in [0.15, 0.2) is 5.82 Å². The van der Waals surface area contributed by atoms with Crippen molar-refractivity contribution in [1.29, 1.82) is 0 Å². The van der Waals surface area contributed by atoms with Crippen molar-refractivity contribution < 1.29 is 18.7 Å². The maximum atomic E-state index is 15.2. The minimum Gasteiger partial charge on any atom is -0.444 e. The Balaban J connectivity index is 1.73. The first-order valence-electron chi connectivity index (χ1n) is 11.5. The number of carbonyl (C=O) groups excluding carboxylic acids is 2. The number of nitrogens with zero attached hydrogens (tertiary/aromatic N) is 3. The lowest BCUT2D eigenvalue weighted by atomic mass is 10.1. The van der Waals surface area contributed by atoms with Crippen LogP contribution in [0.5, 0.6) is 0 Å². The summed E-state index contributed by atoms with van der Waals surface area (Å²) in [6.07, 6.45) is -0.0762. The molecule has 11 heteroatoms. The van der Waals surface area contributed by atoms with Gasteiger partial charge >= 0.3 is 6.09 Å². The van der Waals surface area contributed by atoms with Gasteiger partial charge in [0.1, 0.15) is 23.3 Å². The van der Waals surface area contributed by atoms with Gasteiger partial charge in [-0.15, -0.1) is 11.8 Å². The number of benzene rings is 2.